The van der Waals surface area contributed by atoms with Crippen LogP contribution in [0.4, 0.5) is 18.9 Å². The van der Waals surface area contributed by atoms with Gasteiger partial charge in [-0.15, -0.1) is 0 Å². The van der Waals surface area contributed by atoms with Gasteiger partial charge in [0.2, 0.25) is 0 Å². The van der Waals surface area contributed by atoms with Gasteiger partial charge in [-0.1, -0.05) is 37.5 Å². The molecule has 2 nitrogen and oxygen atoms in total. The molecule has 0 unspecified atom stereocenters. The van der Waals surface area contributed by atoms with Crippen LogP contribution in [-0.4, -0.2) is 24.8 Å². The Bertz CT molecular complexity index is 493. The highest BCUT2D eigenvalue weighted by atomic mass is 19.4. The number of halogens is 3. The van der Waals surface area contributed by atoms with E-state index in [1.165, 1.54) is 11.3 Å². The molecule has 0 amide bonds. The Kier molecular flexibility index (Phi) is 3.86. The Balaban J connectivity index is 1.91. The number of hydrogen-bond donors (Lipinski definition) is 1. The van der Waals surface area contributed by atoms with Crippen LogP contribution in [0.1, 0.15) is 37.7 Å². The van der Waals surface area contributed by atoms with E-state index in [2.05, 4.69) is 5.32 Å². The second-order valence-corrected chi connectivity index (χ2v) is 6.29. The van der Waals surface area contributed by atoms with Crippen LogP contribution in [0.2, 0.25) is 0 Å². The van der Waals surface area contributed by atoms with Crippen molar-refractivity contribution in [3.8, 4) is 0 Å². The van der Waals surface area contributed by atoms with Gasteiger partial charge in [0.25, 0.3) is 0 Å². The highest BCUT2D eigenvalue weighted by Gasteiger charge is 2.40. The number of nitrogens with zero attached hydrogens (tertiary/aromatic N) is 1. The number of anilines is 1. The van der Waals surface area contributed by atoms with Gasteiger partial charge in [0.15, 0.2) is 0 Å². The van der Waals surface area contributed by atoms with E-state index in [9.17, 15) is 13.2 Å². The fourth-order valence-corrected chi connectivity index (χ4v) is 3.68. The van der Waals surface area contributed by atoms with E-state index in [0.29, 0.717) is 13.1 Å². The van der Waals surface area contributed by atoms with Crippen LogP contribution in [0.5, 0.6) is 0 Å². The first-order chi connectivity index (χ1) is 9.98. The third-order valence-corrected chi connectivity index (χ3v) is 4.66. The van der Waals surface area contributed by atoms with Crippen LogP contribution in [0.15, 0.2) is 24.3 Å². The zero-order valence-electron chi connectivity index (χ0n) is 12.0. The predicted octanol–water partition coefficient (Wildman–Crippen LogP) is 3.86. The average Bonchev–Trinajstić information content (AvgIpc) is 2.57. The molecular formula is C16H21F3N2. The molecule has 1 N–H and O–H groups in total. The van der Waals surface area contributed by atoms with Crippen molar-refractivity contribution in [3.63, 3.8) is 0 Å². The highest BCUT2D eigenvalue weighted by Crippen LogP contribution is 2.36. The number of rotatable bonds is 1. The van der Waals surface area contributed by atoms with Gasteiger partial charge in [0.05, 0.1) is 0 Å². The minimum atomic E-state index is -4.17. The van der Waals surface area contributed by atoms with Crippen molar-refractivity contribution in [2.75, 3.05) is 18.0 Å². The zero-order chi connectivity index (χ0) is 14.9. The van der Waals surface area contributed by atoms with Crippen molar-refractivity contribution < 1.29 is 13.2 Å². The number of hydrogen-bond acceptors (Lipinski definition) is 2. The minimum Gasteiger partial charge on any atom is -0.360 e. The average molecular weight is 298 g/mol. The number of nitrogens with one attached hydrogen (secondary N) is 1. The lowest BCUT2D eigenvalue weighted by Gasteiger charge is -2.40. The summed E-state index contributed by atoms with van der Waals surface area (Å²) in [6.07, 6.45) is 1.15. The van der Waals surface area contributed by atoms with Gasteiger partial charge in [-0.3, -0.25) is 0 Å². The van der Waals surface area contributed by atoms with Gasteiger partial charge in [0.1, 0.15) is 6.54 Å². The van der Waals surface area contributed by atoms with Crippen LogP contribution < -0.4 is 10.2 Å². The molecule has 0 radical (unpaired) electrons. The Morgan fingerprint density at radius 1 is 1.10 bits per heavy atom. The van der Waals surface area contributed by atoms with Crippen LogP contribution in [0.25, 0.3) is 0 Å². The van der Waals surface area contributed by atoms with Gasteiger partial charge in [-0.2, -0.15) is 13.2 Å². The van der Waals surface area contributed by atoms with Gasteiger partial charge >= 0.3 is 6.18 Å². The lowest BCUT2D eigenvalue weighted by molar-refractivity contribution is -0.120. The van der Waals surface area contributed by atoms with E-state index in [1.807, 2.05) is 24.3 Å². The fourth-order valence-electron chi connectivity index (χ4n) is 3.68. The van der Waals surface area contributed by atoms with Gasteiger partial charge in [0, 0.05) is 24.3 Å². The van der Waals surface area contributed by atoms with E-state index in [0.717, 1.165) is 36.9 Å². The van der Waals surface area contributed by atoms with E-state index < -0.39 is 12.7 Å². The first kappa shape index (κ1) is 14.7. The van der Waals surface area contributed by atoms with Crippen molar-refractivity contribution in [1.29, 1.82) is 0 Å². The summed E-state index contributed by atoms with van der Waals surface area (Å²) in [6.45, 7) is 0.238. The summed E-state index contributed by atoms with van der Waals surface area (Å²) in [6, 6.07) is 7.45. The normalized spacial score (nSPS) is 22.0. The number of fused-ring (bicyclic) bond motifs is 1. The van der Waals surface area contributed by atoms with Gasteiger partial charge < -0.3 is 10.2 Å². The third kappa shape index (κ3) is 3.34. The maximum atomic E-state index is 13.0. The molecule has 1 aliphatic carbocycles. The zero-order valence-corrected chi connectivity index (χ0v) is 12.0. The lowest BCUT2D eigenvalue weighted by Crippen LogP contribution is -2.54. The van der Waals surface area contributed by atoms with Crippen molar-refractivity contribution in [1.82, 2.24) is 5.32 Å². The van der Waals surface area contributed by atoms with E-state index in [4.69, 9.17) is 0 Å². The summed E-state index contributed by atoms with van der Waals surface area (Å²) in [7, 11) is 0. The molecule has 1 aromatic rings. The first-order valence-electron chi connectivity index (χ1n) is 7.62. The summed E-state index contributed by atoms with van der Waals surface area (Å²) in [5.41, 5.74) is 1.52. The molecule has 5 heteroatoms. The Labute approximate surface area is 123 Å². The molecule has 1 aromatic carbocycles. The SMILES string of the molecule is FC(F)(F)CN1CC2(CCCCC2)NCc2ccccc21. The molecule has 116 valence electrons. The topological polar surface area (TPSA) is 15.3 Å². The van der Waals surface area contributed by atoms with Crippen molar-refractivity contribution >= 4 is 5.69 Å². The van der Waals surface area contributed by atoms with Crippen molar-refractivity contribution in [2.45, 2.75) is 50.4 Å². The molecule has 2 aliphatic rings. The van der Waals surface area contributed by atoms with Crippen LogP contribution in [0, 0.1) is 0 Å². The van der Waals surface area contributed by atoms with Crippen molar-refractivity contribution in [2.24, 2.45) is 0 Å². The third-order valence-electron chi connectivity index (χ3n) is 4.66. The number of benzene rings is 1. The minimum absolute atomic E-state index is 0.164. The molecule has 3 rings (SSSR count). The Hall–Kier alpha value is -1.23. The fraction of sp³-hybridized carbons (Fsp3) is 0.625. The van der Waals surface area contributed by atoms with E-state index in [1.54, 1.807) is 0 Å². The van der Waals surface area contributed by atoms with E-state index >= 15 is 0 Å². The van der Waals surface area contributed by atoms with Gasteiger partial charge in [-0.25, -0.2) is 0 Å². The smallest absolute Gasteiger partial charge is 0.360 e. The molecule has 1 spiro atoms. The molecule has 0 aromatic heterocycles. The second kappa shape index (κ2) is 5.52. The van der Waals surface area contributed by atoms with Crippen LogP contribution in [-0.2, 0) is 6.54 Å². The molecular weight excluding hydrogens is 277 g/mol. The second-order valence-electron chi connectivity index (χ2n) is 6.29. The number of alkyl halides is 3. The standard InChI is InChI=1S/C16H21F3N2/c17-16(18,19)12-21-11-15(8-4-1-5-9-15)20-10-13-6-2-3-7-14(13)21/h2-3,6-7,20H,1,4-5,8-12H2. The largest absolute Gasteiger partial charge is 0.405 e. The van der Waals surface area contributed by atoms with Crippen LogP contribution in [0.3, 0.4) is 0 Å². The summed E-state index contributed by atoms with van der Waals surface area (Å²) in [4.78, 5) is 1.53. The van der Waals surface area contributed by atoms with Crippen LogP contribution >= 0.6 is 0 Å². The summed E-state index contributed by atoms with van der Waals surface area (Å²) in [5, 5.41) is 3.56. The monoisotopic (exact) mass is 298 g/mol. The highest BCUT2D eigenvalue weighted by molar-refractivity contribution is 5.55. The lowest BCUT2D eigenvalue weighted by atomic mass is 9.81. The maximum Gasteiger partial charge on any atom is 0.405 e. The molecule has 0 atom stereocenters. The molecule has 1 heterocycles. The summed E-state index contributed by atoms with van der Waals surface area (Å²) in [5.74, 6) is 0. The first-order valence-corrected chi connectivity index (χ1v) is 7.62. The summed E-state index contributed by atoms with van der Waals surface area (Å²) >= 11 is 0. The van der Waals surface area contributed by atoms with Crippen molar-refractivity contribution in [3.05, 3.63) is 29.8 Å². The number of para-hydroxylation sites is 1. The Morgan fingerprint density at radius 2 is 1.81 bits per heavy atom. The van der Waals surface area contributed by atoms with Gasteiger partial charge in [-0.05, 0) is 24.5 Å². The molecule has 1 fully saturated rings. The maximum absolute atomic E-state index is 13.0. The summed E-state index contributed by atoms with van der Waals surface area (Å²) < 4.78 is 38.9. The molecule has 0 bridgehead atoms. The Morgan fingerprint density at radius 3 is 2.52 bits per heavy atom. The molecule has 0 saturated heterocycles. The molecule has 21 heavy (non-hydrogen) atoms. The molecule has 1 saturated carbocycles. The molecule has 1 aliphatic heterocycles. The van der Waals surface area contributed by atoms with E-state index in [-0.39, 0.29) is 5.54 Å². The quantitative estimate of drug-likeness (QED) is 0.847. The predicted molar refractivity (Wildman–Crippen MR) is 77.4 cm³/mol.